The molecule has 2 aromatic rings. The van der Waals surface area contributed by atoms with E-state index in [1.165, 1.54) is 17.4 Å². The number of benzene rings is 1. The van der Waals surface area contributed by atoms with Crippen LogP contribution in [0.1, 0.15) is 10.4 Å². The van der Waals surface area contributed by atoms with Crippen molar-refractivity contribution in [2.45, 2.75) is 18.0 Å². The highest BCUT2D eigenvalue weighted by Gasteiger charge is 2.19. The van der Waals surface area contributed by atoms with Crippen LogP contribution in [0.15, 0.2) is 40.6 Å². The van der Waals surface area contributed by atoms with Crippen molar-refractivity contribution in [1.29, 1.82) is 0 Å². The molecule has 0 fully saturated rings. The van der Waals surface area contributed by atoms with Gasteiger partial charge in [0, 0.05) is 11.4 Å². The first-order valence-corrected chi connectivity index (χ1v) is 7.80. The lowest BCUT2D eigenvalue weighted by Crippen LogP contribution is -2.24. The first-order valence-electron chi connectivity index (χ1n) is 5.44. The third kappa shape index (κ3) is 3.38. The van der Waals surface area contributed by atoms with Gasteiger partial charge in [-0.3, -0.25) is 0 Å². The largest absolute Gasteiger partial charge is 0.392 e. The molecular formula is C12H12FNO3S2. The summed E-state index contributed by atoms with van der Waals surface area (Å²) in [5, 5.41) is 11.0. The highest BCUT2D eigenvalue weighted by molar-refractivity contribution is 7.89. The van der Waals surface area contributed by atoms with Gasteiger partial charge in [0.25, 0.3) is 0 Å². The Kier molecular flexibility index (Phi) is 4.31. The number of aliphatic hydroxyl groups excluding tert-OH is 1. The predicted molar refractivity (Wildman–Crippen MR) is 70.7 cm³/mol. The standard InChI is InChI=1S/C12H12FNO3S2/c13-10-4-3-9(8-15)12(6-10)19(16,17)14-7-11-2-1-5-18-11/h1-6,14-15H,7-8H2. The molecule has 0 atom stereocenters. The molecule has 19 heavy (non-hydrogen) atoms. The van der Waals surface area contributed by atoms with Crippen molar-refractivity contribution in [3.63, 3.8) is 0 Å². The van der Waals surface area contributed by atoms with Crippen LogP contribution < -0.4 is 4.72 Å². The molecule has 0 aliphatic rings. The fourth-order valence-electron chi connectivity index (χ4n) is 1.57. The van der Waals surface area contributed by atoms with Crippen molar-refractivity contribution in [3.05, 3.63) is 52.0 Å². The molecule has 0 saturated heterocycles. The van der Waals surface area contributed by atoms with Crippen LogP contribution in [-0.2, 0) is 23.2 Å². The van der Waals surface area contributed by atoms with Crippen LogP contribution in [0.25, 0.3) is 0 Å². The van der Waals surface area contributed by atoms with Gasteiger partial charge in [0.1, 0.15) is 5.82 Å². The molecule has 2 N–H and O–H groups in total. The van der Waals surface area contributed by atoms with E-state index < -0.39 is 22.4 Å². The van der Waals surface area contributed by atoms with Gasteiger partial charge >= 0.3 is 0 Å². The summed E-state index contributed by atoms with van der Waals surface area (Å²) in [7, 11) is -3.84. The van der Waals surface area contributed by atoms with Gasteiger partial charge in [-0.2, -0.15) is 0 Å². The number of nitrogens with one attached hydrogen (secondary N) is 1. The van der Waals surface area contributed by atoms with E-state index in [9.17, 15) is 12.8 Å². The second kappa shape index (κ2) is 5.79. The van der Waals surface area contributed by atoms with E-state index in [4.69, 9.17) is 5.11 Å². The molecule has 4 nitrogen and oxygen atoms in total. The van der Waals surface area contributed by atoms with E-state index in [0.717, 1.165) is 17.0 Å². The topological polar surface area (TPSA) is 66.4 Å². The Morgan fingerprint density at radius 2 is 2.11 bits per heavy atom. The van der Waals surface area contributed by atoms with E-state index >= 15 is 0 Å². The Labute approximate surface area is 114 Å². The zero-order valence-electron chi connectivity index (χ0n) is 9.84. The third-order valence-electron chi connectivity index (χ3n) is 2.51. The lowest BCUT2D eigenvalue weighted by molar-refractivity contribution is 0.278. The highest BCUT2D eigenvalue weighted by atomic mass is 32.2. The number of halogens is 1. The van der Waals surface area contributed by atoms with Crippen molar-refractivity contribution in [1.82, 2.24) is 4.72 Å². The number of thiophene rings is 1. The minimum atomic E-state index is -3.84. The number of sulfonamides is 1. The Hall–Kier alpha value is -1.28. The van der Waals surface area contributed by atoms with Crippen LogP contribution in [0.2, 0.25) is 0 Å². The molecule has 0 bridgehead atoms. The Morgan fingerprint density at radius 1 is 1.32 bits per heavy atom. The zero-order chi connectivity index (χ0) is 13.9. The summed E-state index contributed by atoms with van der Waals surface area (Å²) >= 11 is 1.42. The summed E-state index contributed by atoms with van der Waals surface area (Å²) in [4.78, 5) is 0.622. The lowest BCUT2D eigenvalue weighted by atomic mass is 10.2. The minimum absolute atomic E-state index is 0.140. The molecule has 0 radical (unpaired) electrons. The molecule has 102 valence electrons. The second-order valence-electron chi connectivity index (χ2n) is 3.81. The molecule has 0 spiro atoms. The Bertz CT molecular complexity index is 654. The number of aliphatic hydroxyl groups is 1. The maximum absolute atomic E-state index is 13.2. The molecule has 7 heteroatoms. The monoisotopic (exact) mass is 301 g/mol. The Morgan fingerprint density at radius 3 is 2.74 bits per heavy atom. The van der Waals surface area contributed by atoms with Crippen LogP contribution in [0.5, 0.6) is 0 Å². The predicted octanol–water partition coefficient (Wildman–Crippen LogP) is 1.86. The van der Waals surface area contributed by atoms with Crippen molar-refractivity contribution < 1.29 is 17.9 Å². The molecule has 0 amide bonds. The average Bonchev–Trinajstić information content (AvgIpc) is 2.89. The number of hydrogen-bond donors (Lipinski definition) is 2. The first kappa shape index (κ1) is 14.1. The molecule has 0 unspecified atom stereocenters. The zero-order valence-corrected chi connectivity index (χ0v) is 11.5. The highest BCUT2D eigenvalue weighted by Crippen LogP contribution is 2.18. The lowest BCUT2D eigenvalue weighted by Gasteiger charge is -2.09. The van der Waals surface area contributed by atoms with Gasteiger partial charge in [-0.05, 0) is 29.1 Å². The molecule has 1 aromatic carbocycles. The smallest absolute Gasteiger partial charge is 0.241 e. The van der Waals surface area contributed by atoms with Gasteiger partial charge in [-0.15, -0.1) is 11.3 Å². The van der Waals surface area contributed by atoms with E-state index in [0.29, 0.717) is 0 Å². The van der Waals surface area contributed by atoms with Gasteiger partial charge in [0.2, 0.25) is 10.0 Å². The normalized spacial score (nSPS) is 11.7. The van der Waals surface area contributed by atoms with Gasteiger partial charge in [0.05, 0.1) is 11.5 Å². The first-order chi connectivity index (χ1) is 9.03. The van der Waals surface area contributed by atoms with Gasteiger partial charge < -0.3 is 5.11 Å². The van der Waals surface area contributed by atoms with Crippen LogP contribution in [-0.4, -0.2) is 13.5 Å². The summed E-state index contributed by atoms with van der Waals surface area (Å²) in [6.45, 7) is -0.323. The van der Waals surface area contributed by atoms with Gasteiger partial charge in [-0.1, -0.05) is 12.1 Å². The maximum Gasteiger partial charge on any atom is 0.241 e. The molecule has 0 aliphatic heterocycles. The molecule has 1 aromatic heterocycles. The van der Waals surface area contributed by atoms with Crippen LogP contribution in [0, 0.1) is 5.82 Å². The second-order valence-corrected chi connectivity index (χ2v) is 6.58. The van der Waals surface area contributed by atoms with Gasteiger partial charge in [0.15, 0.2) is 0 Å². The van der Waals surface area contributed by atoms with Crippen molar-refractivity contribution in [3.8, 4) is 0 Å². The van der Waals surface area contributed by atoms with Crippen molar-refractivity contribution >= 4 is 21.4 Å². The van der Waals surface area contributed by atoms with E-state index in [1.54, 1.807) is 6.07 Å². The summed E-state index contributed by atoms with van der Waals surface area (Å²) in [6.07, 6.45) is 0. The fraction of sp³-hybridized carbons (Fsp3) is 0.167. The van der Waals surface area contributed by atoms with Crippen LogP contribution >= 0.6 is 11.3 Å². The van der Waals surface area contributed by atoms with Gasteiger partial charge in [-0.25, -0.2) is 17.5 Å². The van der Waals surface area contributed by atoms with E-state index in [1.807, 2.05) is 11.4 Å². The summed E-state index contributed by atoms with van der Waals surface area (Å²) < 4.78 is 39.7. The van der Waals surface area contributed by atoms with Crippen LogP contribution in [0.3, 0.4) is 0 Å². The number of hydrogen-bond acceptors (Lipinski definition) is 4. The number of rotatable bonds is 5. The molecular weight excluding hydrogens is 289 g/mol. The van der Waals surface area contributed by atoms with E-state index in [2.05, 4.69) is 4.72 Å². The minimum Gasteiger partial charge on any atom is -0.392 e. The summed E-state index contributed by atoms with van der Waals surface area (Å²) in [6, 6.07) is 6.89. The fourth-order valence-corrected chi connectivity index (χ4v) is 3.55. The van der Waals surface area contributed by atoms with Crippen LogP contribution in [0.4, 0.5) is 4.39 Å². The van der Waals surface area contributed by atoms with E-state index in [-0.39, 0.29) is 17.0 Å². The summed E-state index contributed by atoms with van der Waals surface area (Å²) in [5.74, 6) is -0.659. The molecule has 2 rings (SSSR count). The SMILES string of the molecule is O=S(=O)(NCc1cccs1)c1cc(F)ccc1CO. The maximum atomic E-state index is 13.2. The van der Waals surface area contributed by atoms with Crippen molar-refractivity contribution in [2.75, 3.05) is 0 Å². The molecule has 0 saturated carbocycles. The Balaban J connectivity index is 2.26. The average molecular weight is 301 g/mol. The quantitative estimate of drug-likeness (QED) is 0.886. The third-order valence-corrected chi connectivity index (χ3v) is 4.87. The molecule has 1 heterocycles. The summed E-state index contributed by atoms with van der Waals surface area (Å²) in [5.41, 5.74) is 0.167. The van der Waals surface area contributed by atoms with Crippen molar-refractivity contribution in [2.24, 2.45) is 0 Å². The molecule has 0 aliphatic carbocycles.